The first-order valence-corrected chi connectivity index (χ1v) is 13.8. The van der Waals surface area contributed by atoms with Gasteiger partial charge >= 0.3 is 0 Å². The van der Waals surface area contributed by atoms with Crippen LogP contribution in [0.5, 0.6) is 0 Å². The summed E-state index contributed by atoms with van der Waals surface area (Å²) in [5.74, 6) is 0.763. The smallest absolute Gasteiger partial charge is 0.271 e. The second-order valence-electron chi connectivity index (χ2n) is 9.32. The first-order chi connectivity index (χ1) is 19.5. The van der Waals surface area contributed by atoms with E-state index >= 15 is 0 Å². The highest BCUT2D eigenvalue weighted by Gasteiger charge is 2.21. The number of hydrogen-bond donors (Lipinski definition) is 1. The summed E-state index contributed by atoms with van der Waals surface area (Å²) in [6.45, 7) is 2.20. The zero-order valence-electron chi connectivity index (χ0n) is 21.3. The average molecular weight is 564 g/mol. The molecule has 1 N–H and O–H groups in total. The number of nitrogens with zero attached hydrogens (tertiary/aromatic N) is 6. The van der Waals surface area contributed by atoms with Gasteiger partial charge in [-0.15, -0.1) is 0 Å². The van der Waals surface area contributed by atoms with Crippen LogP contribution < -0.4 is 20.2 Å². The summed E-state index contributed by atoms with van der Waals surface area (Å²) in [5.41, 5.74) is 5.71. The van der Waals surface area contributed by atoms with E-state index in [1.165, 1.54) is 11.3 Å². The Morgan fingerprint density at radius 3 is 2.35 bits per heavy atom. The minimum atomic E-state index is -0.118. The molecule has 0 bridgehead atoms. The van der Waals surface area contributed by atoms with Gasteiger partial charge in [0.1, 0.15) is 11.4 Å². The topological polar surface area (TPSA) is 82.0 Å². The van der Waals surface area contributed by atoms with Crippen LogP contribution in [0.25, 0.3) is 28.7 Å². The minimum absolute atomic E-state index is 0.118. The Morgan fingerprint density at radius 1 is 0.925 bits per heavy atom. The summed E-state index contributed by atoms with van der Waals surface area (Å²) in [7, 11) is 0. The average Bonchev–Trinajstić information content (AvgIpc) is 3.58. The van der Waals surface area contributed by atoms with E-state index in [0.29, 0.717) is 14.4 Å². The molecular formula is C30H22ClN7OS. The Morgan fingerprint density at radius 2 is 1.62 bits per heavy atom. The molecule has 0 fully saturated rings. The Bertz CT molecular complexity index is 2040. The van der Waals surface area contributed by atoms with Gasteiger partial charge in [0, 0.05) is 22.3 Å². The molecule has 196 valence electrons. The van der Waals surface area contributed by atoms with Crippen molar-refractivity contribution in [3.05, 3.63) is 127 Å². The van der Waals surface area contributed by atoms with Crippen LogP contribution in [0.4, 0.5) is 11.5 Å². The fourth-order valence-electron chi connectivity index (χ4n) is 4.73. The van der Waals surface area contributed by atoms with E-state index in [4.69, 9.17) is 26.8 Å². The number of hydrogen-bond acceptors (Lipinski definition) is 6. The van der Waals surface area contributed by atoms with Crippen molar-refractivity contribution in [3.63, 3.8) is 0 Å². The molecule has 1 aliphatic rings. The summed E-state index contributed by atoms with van der Waals surface area (Å²) in [6, 6.07) is 27.3. The van der Waals surface area contributed by atoms with Crippen LogP contribution in [0.1, 0.15) is 11.3 Å². The monoisotopic (exact) mass is 563 g/mol. The highest BCUT2D eigenvalue weighted by atomic mass is 35.5. The third kappa shape index (κ3) is 4.25. The molecule has 3 aromatic carbocycles. The Labute approximate surface area is 237 Å². The second-order valence-corrected chi connectivity index (χ2v) is 10.8. The van der Waals surface area contributed by atoms with Gasteiger partial charge in [0.15, 0.2) is 10.6 Å². The molecule has 0 amide bonds. The molecule has 0 aliphatic carbocycles. The van der Waals surface area contributed by atoms with Crippen molar-refractivity contribution in [2.75, 3.05) is 5.32 Å². The first-order valence-electron chi connectivity index (χ1n) is 12.7. The molecule has 3 aromatic heterocycles. The summed E-state index contributed by atoms with van der Waals surface area (Å²) < 4.78 is 5.89. The fraction of sp³-hybridized carbons (Fsp3) is 0.0667. The van der Waals surface area contributed by atoms with Crippen molar-refractivity contribution in [2.24, 2.45) is 4.99 Å². The predicted octanol–water partition coefficient (Wildman–Crippen LogP) is 5.07. The van der Waals surface area contributed by atoms with E-state index in [0.717, 1.165) is 45.4 Å². The number of fused-ring (bicyclic) bond motifs is 2. The lowest BCUT2D eigenvalue weighted by Crippen LogP contribution is -2.33. The van der Waals surface area contributed by atoms with Gasteiger partial charge in [-0.25, -0.2) is 14.4 Å². The molecule has 8 nitrogen and oxygen atoms in total. The normalized spacial score (nSPS) is 12.8. The largest absolute Gasteiger partial charge is 0.350 e. The zero-order chi connectivity index (χ0) is 27.2. The molecule has 0 saturated carbocycles. The van der Waals surface area contributed by atoms with Crippen LogP contribution >= 0.6 is 22.9 Å². The highest BCUT2D eigenvalue weighted by molar-refractivity contribution is 7.07. The lowest BCUT2D eigenvalue weighted by molar-refractivity contribution is 0.716. The molecule has 0 radical (unpaired) electrons. The number of para-hydroxylation sites is 2. The summed E-state index contributed by atoms with van der Waals surface area (Å²) in [5, 5.41) is 13.6. The highest BCUT2D eigenvalue weighted by Crippen LogP contribution is 2.32. The molecule has 7 rings (SSSR count). The van der Waals surface area contributed by atoms with Crippen LogP contribution in [-0.4, -0.2) is 24.1 Å². The van der Waals surface area contributed by atoms with Gasteiger partial charge in [0.2, 0.25) is 0 Å². The SMILES string of the molecule is Cc1nn(-c2ccccc2)c2c1N=c1s/c(=C\c3cn(-c4ccccc4)nc3-c3ccc(Cl)cc3)c(=O)n1CN2. The molecular weight excluding hydrogens is 542 g/mol. The van der Waals surface area contributed by atoms with Crippen molar-refractivity contribution in [1.29, 1.82) is 0 Å². The number of anilines is 1. The van der Waals surface area contributed by atoms with E-state index in [1.54, 1.807) is 4.57 Å². The Hall–Kier alpha value is -4.73. The minimum Gasteiger partial charge on any atom is -0.350 e. The molecule has 0 atom stereocenters. The molecule has 40 heavy (non-hydrogen) atoms. The van der Waals surface area contributed by atoms with E-state index in [1.807, 2.05) is 113 Å². The zero-order valence-corrected chi connectivity index (χ0v) is 22.9. The number of rotatable bonds is 4. The Balaban J connectivity index is 1.38. The van der Waals surface area contributed by atoms with Gasteiger partial charge in [-0.3, -0.25) is 9.36 Å². The molecule has 1 aliphatic heterocycles. The van der Waals surface area contributed by atoms with Crippen molar-refractivity contribution in [3.8, 4) is 22.6 Å². The van der Waals surface area contributed by atoms with E-state index in [9.17, 15) is 4.79 Å². The number of nitrogens with one attached hydrogen (secondary N) is 1. The third-order valence-corrected chi connectivity index (χ3v) is 7.96. The maximum absolute atomic E-state index is 13.6. The second kappa shape index (κ2) is 9.78. The maximum Gasteiger partial charge on any atom is 0.271 e. The molecule has 0 spiro atoms. The number of thiazole rings is 1. The number of aryl methyl sites for hydroxylation is 1. The molecule has 10 heteroatoms. The van der Waals surface area contributed by atoms with Gasteiger partial charge in [-0.05, 0) is 49.4 Å². The fourth-order valence-corrected chi connectivity index (χ4v) is 5.83. The van der Waals surface area contributed by atoms with Gasteiger partial charge in [0.05, 0.1) is 28.3 Å². The number of halogens is 1. The first kappa shape index (κ1) is 24.3. The quantitative estimate of drug-likeness (QED) is 0.324. The van der Waals surface area contributed by atoms with Gasteiger partial charge < -0.3 is 5.32 Å². The van der Waals surface area contributed by atoms with Crippen LogP contribution in [0, 0.1) is 6.92 Å². The lowest BCUT2D eigenvalue weighted by Gasteiger charge is -2.09. The van der Waals surface area contributed by atoms with Crippen LogP contribution in [0.15, 0.2) is 101 Å². The van der Waals surface area contributed by atoms with E-state index in [2.05, 4.69) is 5.32 Å². The van der Waals surface area contributed by atoms with Crippen LogP contribution in [0.3, 0.4) is 0 Å². The molecule has 4 heterocycles. The predicted molar refractivity (Wildman–Crippen MR) is 159 cm³/mol. The van der Waals surface area contributed by atoms with Gasteiger partial charge in [-0.2, -0.15) is 10.2 Å². The van der Waals surface area contributed by atoms with Crippen LogP contribution in [-0.2, 0) is 6.67 Å². The standard InChI is InChI=1S/C30H22ClN7OS/c1-19-26-28(38(34-19)24-10-6-3-7-11-24)32-18-36-29(39)25(40-30(36)33-26)16-21-17-37(23-8-4-2-5-9-23)35-27(21)20-12-14-22(31)15-13-20/h2-17,32H,18H2,1H3/b25-16-. The molecule has 6 aromatic rings. The summed E-state index contributed by atoms with van der Waals surface area (Å²) >= 11 is 7.50. The van der Waals surface area contributed by atoms with Crippen LogP contribution in [0.2, 0.25) is 5.02 Å². The Kier molecular flexibility index (Phi) is 5.95. The van der Waals surface area contributed by atoms with E-state index < -0.39 is 0 Å². The van der Waals surface area contributed by atoms with Crippen molar-refractivity contribution >= 4 is 40.5 Å². The van der Waals surface area contributed by atoms with E-state index in [-0.39, 0.29) is 12.2 Å². The third-order valence-electron chi connectivity index (χ3n) is 6.70. The molecule has 0 saturated heterocycles. The summed E-state index contributed by atoms with van der Waals surface area (Å²) in [6.07, 6.45) is 3.83. The summed E-state index contributed by atoms with van der Waals surface area (Å²) in [4.78, 5) is 19.1. The van der Waals surface area contributed by atoms with Crippen molar-refractivity contribution in [2.45, 2.75) is 13.6 Å². The van der Waals surface area contributed by atoms with Gasteiger partial charge in [-0.1, -0.05) is 71.5 Å². The number of benzene rings is 3. The van der Waals surface area contributed by atoms with Crippen molar-refractivity contribution in [1.82, 2.24) is 24.1 Å². The molecule has 0 unspecified atom stereocenters. The van der Waals surface area contributed by atoms with Crippen molar-refractivity contribution < 1.29 is 0 Å². The number of aromatic nitrogens is 5. The van der Waals surface area contributed by atoms with Gasteiger partial charge in [0.25, 0.3) is 5.56 Å². The lowest BCUT2D eigenvalue weighted by atomic mass is 10.1. The maximum atomic E-state index is 13.6.